The van der Waals surface area contributed by atoms with Gasteiger partial charge in [0.25, 0.3) is 0 Å². The van der Waals surface area contributed by atoms with Crippen LogP contribution in [0.5, 0.6) is 0 Å². The van der Waals surface area contributed by atoms with Gasteiger partial charge in [0.1, 0.15) is 0 Å². The number of hydrogen-bond donors (Lipinski definition) is 9. The Bertz CT molecular complexity index is 790. The number of fused-ring (bicyclic) bond motifs is 20. The fraction of sp³-hybridized carbons (Fsp3) is 1.00. The van der Waals surface area contributed by atoms with E-state index in [0.29, 0.717) is 49.3 Å². The van der Waals surface area contributed by atoms with E-state index in [2.05, 4.69) is 47.9 Å². The molecule has 8 unspecified atom stereocenters. The summed E-state index contributed by atoms with van der Waals surface area (Å²) in [5.41, 5.74) is 0. The topological polar surface area (TPSA) is 108 Å². The van der Waals surface area contributed by atoms with Crippen molar-refractivity contribution in [2.24, 2.45) is 47.3 Å². The van der Waals surface area contributed by atoms with Crippen LogP contribution in [0, 0.1) is 47.3 Å². The van der Waals surface area contributed by atoms with Crippen LogP contribution >= 0.6 is 0 Å². The number of hydrogen-bond acceptors (Lipinski definition) is 9. The van der Waals surface area contributed by atoms with Crippen LogP contribution in [-0.2, 0) is 0 Å². The van der Waals surface area contributed by atoms with Crippen LogP contribution in [0.25, 0.3) is 0 Å². The molecule has 10 rings (SSSR count). The third-order valence-corrected chi connectivity index (χ3v) is 15.0. The molecule has 8 atom stereocenters. The highest BCUT2D eigenvalue weighted by Crippen LogP contribution is 2.45. The SMILES string of the molecule is C1CCC2C3NC(NC4NC(NC5NC(NC6NC(N3)C3CCCCC63)C3CCCCC53)C3CCCCC43)C2C1.C1CCNCC1. The molecular weight excluding hydrogens is 570 g/mol. The lowest BCUT2D eigenvalue weighted by atomic mass is 9.76. The summed E-state index contributed by atoms with van der Waals surface area (Å²) >= 11 is 0. The average Bonchev–Trinajstić information content (AvgIpc) is 3.85. The monoisotopic (exact) mass is 638 g/mol. The quantitative estimate of drug-likeness (QED) is 0.198. The zero-order chi connectivity index (χ0) is 30.5. The van der Waals surface area contributed by atoms with E-state index in [1.807, 2.05) is 0 Å². The molecule has 6 heterocycles. The molecule has 4 aliphatic carbocycles. The second-order valence-corrected chi connectivity index (χ2v) is 17.4. The fourth-order valence-electron chi connectivity index (χ4n) is 12.8. The van der Waals surface area contributed by atoms with Gasteiger partial charge in [-0.3, -0.25) is 42.5 Å². The van der Waals surface area contributed by atoms with Crippen LogP contribution < -0.4 is 47.9 Å². The predicted octanol–water partition coefficient (Wildman–Crippen LogP) is 3.37. The summed E-state index contributed by atoms with van der Waals surface area (Å²) in [4.78, 5) is 0. The van der Waals surface area contributed by atoms with Gasteiger partial charge < -0.3 is 5.32 Å². The Balaban J connectivity index is 0.000000440. The Hall–Kier alpha value is -0.360. The highest BCUT2D eigenvalue weighted by molar-refractivity contribution is 5.08. The zero-order valence-electron chi connectivity index (χ0n) is 28.6. The maximum Gasteiger partial charge on any atom is 0.0628 e. The molecule has 0 aromatic carbocycles. The van der Waals surface area contributed by atoms with Gasteiger partial charge in [-0.15, -0.1) is 0 Å². The van der Waals surface area contributed by atoms with E-state index < -0.39 is 0 Å². The maximum atomic E-state index is 4.26. The molecule has 9 heteroatoms. The Labute approximate surface area is 279 Å². The van der Waals surface area contributed by atoms with E-state index in [-0.39, 0.29) is 0 Å². The standard InChI is InChI=1S/C32H56N8.C5H11N/c1-2-10-18-17(9-1)25-33-26(18)38-28-21-13-5-6-14-22(21)30(35-28)40-32-24-16-8-7-15-23(24)31(36-32)39-29-20-12-4-3-11-19(20)27(34-29)37-25;1-2-4-6-5-3-1/h17-40H,1-16H2;6H,1-5H2. The van der Waals surface area contributed by atoms with Gasteiger partial charge in [-0.2, -0.15) is 0 Å². The van der Waals surface area contributed by atoms with Crippen molar-refractivity contribution in [1.29, 1.82) is 0 Å². The van der Waals surface area contributed by atoms with Crippen LogP contribution in [0.2, 0.25) is 0 Å². The van der Waals surface area contributed by atoms with Crippen molar-refractivity contribution in [3.8, 4) is 0 Å². The maximum absolute atomic E-state index is 4.26. The molecule has 0 radical (unpaired) electrons. The van der Waals surface area contributed by atoms with Crippen molar-refractivity contribution in [2.45, 2.75) is 171 Å². The van der Waals surface area contributed by atoms with Gasteiger partial charge >= 0.3 is 0 Å². The third-order valence-electron chi connectivity index (χ3n) is 15.0. The van der Waals surface area contributed by atoms with Crippen molar-refractivity contribution >= 4 is 0 Å². The first-order valence-corrected chi connectivity index (χ1v) is 20.6. The van der Waals surface area contributed by atoms with Crippen molar-refractivity contribution < 1.29 is 0 Å². The summed E-state index contributed by atoms with van der Waals surface area (Å²) in [5.74, 6) is 5.97. The predicted molar refractivity (Wildman–Crippen MR) is 184 cm³/mol. The molecule has 6 aliphatic heterocycles. The molecule has 0 aromatic heterocycles. The van der Waals surface area contributed by atoms with E-state index in [0.717, 1.165) is 47.3 Å². The lowest BCUT2D eigenvalue weighted by Gasteiger charge is -2.35. The van der Waals surface area contributed by atoms with E-state index in [4.69, 9.17) is 0 Å². The van der Waals surface area contributed by atoms with Crippen LogP contribution in [0.3, 0.4) is 0 Å². The summed E-state index contributed by atoms with van der Waals surface area (Å²) in [6.07, 6.45) is 29.8. The molecule has 4 saturated carbocycles. The molecule has 6 saturated heterocycles. The first-order valence-electron chi connectivity index (χ1n) is 20.6. The normalized spacial score (nSPS) is 53.2. The van der Waals surface area contributed by atoms with Crippen LogP contribution in [0.1, 0.15) is 122 Å². The Morgan fingerprint density at radius 1 is 0.217 bits per heavy atom. The second kappa shape index (κ2) is 14.1. The summed E-state index contributed by atoms with van der Waals surface area (Å²) < 4.78 is 0. The van der Waals surface area contributed by atoms with Gasteiger partial charge in [0, 0.05) is 0 Å². The van der Waals surface area contributed by atoms with Crippen LogP contribution in [0.4, 0.5) is 0 Å². The number of piperidine rings is 1. The number of rotatable bonds is 0. The van der Waals surface area contributed by atoms with Gasteiger partial charge in [0.15, 0.2) is 0 Å². The first kappa shape index (κ1) is 31.6. The molecular formula is C37H67N9. The van der Waals surface area contributed by atoms with E-state index >= 15 is 0 Å². The molecule has 9 nitrogen and oxygen atoms in total. The fourth-order valence-corrected chi connectivity index (χ4v) is 12.8. The second-order valence-electron chi connectivity index (χ2n) is 17.4. The third kappa shape index (κ3) is 6.14. The lowest BCUT2D eigenvalue weighted by Crippen LogP contribution is -2.61. The van der Waals surface area contributed by atoms with Crippen molar-refractivity contribution in [3.05, 3.63) is 0 Å². The minimum atomic E-state index is 0.420. The highest BCUT2D eigenvalue weighted by Gasteiger charge is 2.54. The summed E-state index contributed by atoms with van der Waals surface area (Å²) in [6, 6.07) is 0. The van der Waals surface area contributed by atoms with Crippen molar-refractivity contribution in [1.82, 2.24) is 47.9 Å². The van der Waals surface area contributed by atoms with Crippen LogP contribution in [-0.4, -0.2) is 62.4 Å². The minimum Gasteiger partial charge on any atom is -0.317 e. The van der Waals surface area contributed by atoms with E-state index in [1.54, 1.807) is 0 Å². The Kier molecular flexibility index (Phi) is 9.69. The van der Waals surface area contributed by atoms with Crippen molar-refractivity contribution in [2.75, 3.05) is 13.1 Å². The molecule has 46 heavy (non-hydrogen) atoms. The molecule has 0 amide bonds. The molecule has 8 bridgehead atoms. The van der Waals surface area contributed by atoms with Gasteiger partial charge in [0.2, 0.25) is 0 Å². The molecule has 10 aliphatic rings. The van der Waals surface area contributed by atoms with Crippen LogP contribution in [0.15, 0.2) is 0 Å². The minimum absolute atomic E-state index is 0.420. The summed E-state index contributed by atoms with van der Waals surface area (Å²) in [7, 11) is 0. The van der Waals surface area contributed by atoms with Gasteiger partial charge in [0.05, 0.1) is 49.3 Å². The van der Waals surface area contributed by atoms with E-state index in [9.17, 15) is 0 Å². The first-order chi connectivity index (χ1) is 22.8. The Morgan fingerprint density at radius 3 is 0.543 bits per heavy atom. The molecule has 10 fully saturated rings. The molecule has 9 N–H and O–H groups in total. The van der Waals surface area contributed by atoms with Gasteiger partial charge in [-0.05, 0) is 125 Å². The highest BCUT2D eigenvalue weighted by atomic mass is 15.4. The Morgan fingerprint density at radius 2 is 0.413 bits per heavy atom. The number of nitrogens with one attached hydrogen (secondary N) is 9. The van der Waals surface area contributed by atoms with Gasteiger partial charge in [-0.1, -0.05) is 57.8 Å². The van der Waals surface area contributed by atoms with E-state index in [1.165, 1.54) is 135 Å². The summed E-state index contributed by atoms with van der Waals surface area (Å²) in [6.45, 7) is 2.50. The zero-order valence-corrected chi connectivity index (χ0v) is 28.6. The largest absolute Gasteiger partial charge is 0.317 e. The lowest BCUT2D eigenvalue weighted by molar-refractivity contribution is 0.167. The smallest absolute Gasteiger partial charge is 0.0628 e. The van der Waals surface area contributed by atoms with Gasteiger partial charge in [-0.25, -0.2) is 0 Å². The van der Waals surface area contributed by atoms with Crippen molar-refractivity contribution in [3.63, 3.8) is 0 Å². The summed E-state index contributed by atoms with van der Waals surface area (Å²) in [5, 5.41) is 37.1. The molecule has 0 aromatic rings. The average molecular weight is 638 g/mol. The molecule has 260 valence electrons. The molecule has 0 spiro atoms.